The number of fused-ring (bicyclic) bond motifs is 1. The van der Waals surface area contributed by atoms with E-state index in [1.54, 1.807) is 7.05 Å². The van der Waals surface area contributed by atoms with Crippen molar-refractivity contribution in [1.29, 1.82) is 0 Å². The lowest BCUT2D eigenvalue weighted by molar-refractivity contribution is -0.122. The average molecular weight is 258 g/mol. The van der Waals surface area contributed by atoms with Gasteiger partial charge in [0.25, 0.3) is 0 Å². The molecule has 19 heavy (non-hydrogen) atoms. The molecule has 0 radical (unpaired) electrons. The molecular weight excluding hydrogens is 240 g/mol. The summed E-state index contributed by atoms with van der Waals surface area (Å²) in [5.74, 6) is 0.844. The fourth-order valence-corrected chi connectivity index (χ4v) is 1.94. The molecule has 0 saturated carbocycles. The molecule has 0 aromatic heterocycles. The Bertz CT molecular complexity index is 549. The summed E-state index contributed by atoms with van der Waals surface area (Å²) in [5.41, 5.74) is 5.14. The second-order valence-electron chi connectivity index (χ2n) is 4.23. The van der Waals surface area contributed by atoms with E-state index in [0.29, 0.717) is 19.4 Å². The van der Waals surface area contributed by atoms with Crippen molar-refractivity contribution in [3.05, 3.63) is 42.5 Å². The topological polar surface area (TPSA) is 50.4 Å². The zero-order valence-electron chi connectivity index (χ0n) is 11.0. The summed E-state index contributed by atoms with van der Waals surface area (Å²) in [5, 5.41) is 2.26. The summed E-state index contributed by atoms with van der Waals surface area (Å²) in [6.07, 6.45) is 1.14. The Balaban J connectivity index is 1.90. The van der Waals surface area contributed by atoms with Crippen LogP contribution in [0.4, 0.5) is 0 Å². The van der Waals surface area contributed by atoms with Gasteiger partial charge in [-0.15, -0.1) is 0 Å². The maximum Gasteiger partial charge on any atom is 0.234 e. The van der Waals surface area contributed by atoms with Gasteiger partial charge in [-0.1, -0.05) is 36.4 Å². The van der Waals surface area contributed by atoms with Crippen LogP contribution in [0.3, 0.4) is 0 Å². The number of ether oxygens (including phenoxy) is 1. The molecule has 2 aromatic rings. The molecule has 0 bridgehead atoms. The number of rotatable bonds is 6. The molecule has 0 atom stereocenters. The Morgan fingerprint density at radius 3 is 2.79 bits per heavy atom. The van der Waals surface area contributed by atoms with Crippen molar-refractivity contribution in [1.82, 2.24) is 10.9 Å². The highest BCUT2D eigenvalue weighted by atomic mass is 16.5. The van der Waals surface area contributed by atoms with Gasteiger partial charge in [0.2, 0.25) is 5.91 Å². The van der Waals surface area contributed by atoms with Gasteiger partial charge in [-0.25, -0.2) is 5.43 Å². The van der Waals surface area contributed by atoms with Crippen molar-refractivity contribution < 1.29 is 9.53 Å². The Hall–Kier alpha value is -2.07. The van der Waals surface area contributed by atoms with Gasteiger partial charge in [-0.2, -0.15) is 0 Å². The van der Waals surface area contributed by atoms with Crippen molar-refractivity contribution >= 4 is 16.7 Å². The van der Waals surface area contributed by atoms with Gasteiger partial charge >= 0.3 is 0 Å². The molecule has 100 valence electrons. The van der Waals surface area contributed by atoms with E-state index in [0.717, 1.165) is 16.5 Å². The first-order valence-corrected chi connectivity index (χ1v) is 6.37. The van der Waals surface area contributed by atoms with Gasteiger partial charge in [0.05, 0.1) is 6.61 Å². The molecule has 2 rings (SSSR count). The normalized spacial score (nSPS) is 10.4. The van der Waals surface area contributed by atoms with Crippen molar-refractivity contribution in [2.45, 2.75) is 12.8 Å². The monoisotopic (exact) mass is 258 g/mol. The molecule has 4 nitrogen and oxygen atoms in total. The highest BCUT2D eigenvalue weighted by Crippen LogP contribution is 2.25. The van der Waals surface area contributed by atoms with Crippen molar-refractivity contribution in [3.8, 4) is 5.75 Å². The summed E-state index contributed by atoms with van der Waals surface area (Å²) in [6.45, 7) is 0.533. The zero-order valence-corrected chi connectivity index (χ0v) is 11.0. The van der Waals surface area contributed by atoms with Crippen LogP contribution in [0.5, 0.6) is 5.75 Å². The van der Waals surface area contributed by atoms with E-state index in [4.69, 9.17) is 4.74 Å². The second kappa shape index (κ2) is 6.75. The summed E-state index contributed by atoms with van der Waals surface area (Å²) in [7, 11) is 1.67. The van der Waals surface area contributed by atoms with Gasteiger partial charge in [0, 0.05) is 18.9 Å². The standard InChI is InChI=1S/C15H18N2O2/c1-16-17-15(18)10-5-11-19-14-9-4-7-12-6-2-3-8-13(12)14/h2-4,6-9,16H,5,10-11H2,1H3,(H,17,18). The van der Waals surface area contributed by atoms with Crippen LogP contribution in [0.15, 0.2) is 42.5 Å². The smallest absolute Gasteiger partial charge is 0.234 e. The summed E-state index contributed by atoms with van der Waals surface area (Å²) < 4.78 is 5.75. The second-order valence-corrected chi connectivity index (χ2v) is 4.23. The SMILES string of the molecule is CNNC(=O)CCCOc1cccc2ccccc12. The minimum Gasteiger partial charge on any atom is -0.493 e. The van der Waals surface area contributed by atoms with Gasteiger partial charge < -0.3 is 4.74 Å². The number of hydrogen-bond donors (Lipinski definition) is 2. The van der Waals surface area contributed by atoms with E-state index in [1.165, 1.54) is 0 Å². The highest BCUT2D eigenvalue weighted by Gasteiger charge is 2.02. The molecule has 2 aromatic carbocycles. The molecule has 0 fully saturated rings. The van der Waals surface area contributed by atoms with Crippen LogP contribution >= 0.6 is 0 Å². The average Bonchev–Trinajstić information content (AvgIpc) is 2.44. The number of carbonyl (C=O) groups is 1. The predicted molar refractivity (Wildman–Crippen MR) is 75.9 cm³/mol. The third kappa shape index (κ3) is 3.69. The van der Waals surface area contributed by atoms with Crippen LogP contribution in [-0.2, 0) is 4.79 Å². The fraction of sp³-hybridized carbons (Fsp3) is 0.267. The summed E-state index contributed by atoms with van der Waals surface area (Å²) in [4.78, 5) is 11.2. The van der Waals surface area contributed by atoms with E-state index in [9.17, 15) is 4.79 Å². The number of hydrazine groups is 1. The third-order valence-electron chi connectivity index (χ3n) is 2.82. The Morgan fingerprint density at radius 1 is 1.16 bits per heavy atom. The van der Waals surface area contributed by atoms with Crippen LogP contribution in [-0.4, -0.2) is 19.6 Å². The van der Waals surface area contributed by atoms with E-state index in [1.807, 2.05) is 30.3 Å². The highest BCUT2D eigenvalue weighted by molar-refractivity contribution is 5.88. The molecule has 0 aliphatic heterocycles. The van der Waals surface area contributed by atoms with E-state index < -0.39 is 0 Å². The summed E-state index contributed by atoms with van der Waals surface area (Å²) in [6, 6.07) is 14.1. The molecule has 0 spiro atoms. The van der Waals surface area contributed by atoms with Gasteiger partial charge in [-0.05, 0) is 17.9 Å². The minimum absolute atomic E-state index is 0.0241. The Labute approximate surface area is 112 Å². The predicted octanol–water partition coefficient (Wildman–Crippen LogP) is 2.25. The number of benzene rings is 2. The van der Waals surface area contributed by atoms with Crippen molar-refractivity contribution in [2.24, 2.45) is 0 Å². The van der Waals surface area contributed by atoms with Crippen LogP contribution in [0, 0.1) is 0 Å². The zero-order chi connectivity index (χ0) is 13.5. The Kier molecular flexibility index (Phi) is 4.75. The maximum atomic E-state index is 11.2. The number of hydrogen-bond acceptors (Lipinski definition) is 3. The van der Waals surface area contributed by atoms with Crippen LogP contribution < -0.4 is 15.6 Å². The van der Waals surface area contributed by atoms with Crippen LogP contribution in [0.2, 0.25) is 0 Å². The first kappa shape index (κ1) is 13.4. The van der Waals surface area contributed by atoms with Gasteiger partial charge in [0.15, 0.2) is 0 Å². The van der Waals surface area contributed by atoms with Crippen LogP contribution in [0.1, 0.15) is 12.8 Å². The lowest BCUT2D eigenvalue weighted by atomic mass is 10.1. The maximum absolute atomic E-state index is 11.2. The molecule has 0 unspecified atom stereocenters. The number of carbonyl (C=O) groups excluding carboxylic acids is 1. The quantitative estimate of drug-likeness (QED) is 0.617. The molecule has 0 aliphatic carbocycles. The van der Waals surface area contributed by atoms with Crippen molar-refractivity contribution in [2.75, 3.05) is 13.7 Å². The van der Waals surface area contributed by atoms with Gasteiger partial charge in [-0.3, -0.25) is 10.2 Å². The van der Waals surface area contributed by atoms with Gasteiger partial charge in [0.1, 0.15) is 5.75 Å². The van der Waals surface area contributed by atoms with E-state index in [2.05, 4.69) is 23.0 Å². The molecule has 4 heteroatoms. The fourth-order valence-electron chi connectivity index (χ4n) is 1.94. The number of amides is 1. The minimum atomic E-state index is -0.0241. The van der Waals surface area contributed by atoms with Crippen LogP contribution in [0.25, 0.3) is 10.8 Å². The van der Waals surface area contributed by atoms with Crippen molar-refractivity contribution in [3.63, 3.8) is 0 Å². The van der Waals surface area contributed by atoms with E-state index >= 15 is 0 Å². The molecule has 0 heterocycles. The summed E-state index contributed by atoms with van der Waals surface area (Å²) >= 11 is 0. The first-order chi connectivity index (χ1) is 9.31. The third-order valence-corrected chi connectivity index (χ3v) is 2.82. The lowest BCUT2D eigenvalue weighted by Crippen LogP contribution is -2.34. The molecular formula is C15H18N2O2. The largest absolute Gasteiger partial charge is 0.493 e. The Morgan fingerprint density at radius 2 is 1.95 bits per heavy atom. The molecule has 2 N–H and O–H groups in total. The molecule has 1 amide bonds. The first-order valence-electron chi connectivity index (χ1n) is 6.37. The number of nitrogens with one attached hydrogen (secondary N) is 2. The molecule has 0 aliphatic rings. The molecule has 0 saturated heterocycles. The van der Waals surface area contributed by atoms with E-state index in [-0.39, 0.29) is 5.91 Å². The lowest BCUT2D eigenvalue weighted by Gasteiger charge is -2.09.